The highest BCUT2D eigenvalue weighted by Crippen LogP contribution is 2.30. The van der Waals surface area contributed by atoms with Crippen LogP contribution in [0.2, 0.25) is 0 Å². The number of rotatable bonds is 4. The molecule has 2 amide bonds. The first-order valence-corrected chi connectivity index (χ1v) is 8.69. The molecule has 1 saturated heterocycles. The van der Waals surface area contributed by atoms with E-state index in [4.69, 9.17) is 0 Å². The van der Waals surface area contributed by atoms with E-state index in [9.17, 15) is 9.18 Å². The number of carbonyl (C=O) groups excluding carboxylic acids is 1. The van der Waals surface area contributed by atoms with Crippen molar-refractivity contribution >= 4 is 6.03 Å². The molecular weight excluding hydrogens is 333 g/mol. The Balaban J connectivity index is 1.38. The SMILES string of the molecule is O=C(NCc1ccn(-c2ccc(F)cc2)n1)N1CCC[C@@H]1c1ccc[nH]1. The molecule has 4 rings (SSSR count). The Bertz CT molecular complexity index is 872. The van der Waals surface area contributed by atoms with E-state index in [-0.39, 0.29) is 17.9 Å². The second kappa shape index (κ2) is 7.03. The standard InChI is InChI=1S/C19H20FN5O/c20-14-5-7-16(8-6-14)25-12-9-15(23-25)13-22-19(26)24-11-2-4-18(24)17-3-1-10-21-17/h1,3,5-10,12,18,21H,2,4,11,13H2,(H,22,26)/t18-/m1/s1. The summed E-state index contributed by atoms with van der Waals surface area (Å²) in [6, 6.07) is 11.9. The number of nitrogens with zero attached hydrogens (tertiary/aromatic N) is 3. The zero-order chi connectivity index (χ0) is 17.9. The predicted octanol–water partition coefficient (Wildman–Crippen LogP) is 3.39. The van der Waals surface area contributed by atoms with Crippen molar-refractivity contribution in [2.24, 2.45) is 0 Å². The van der Waals surface area contributed by atoms with Crippen LogP contribution in [0.15, 0.2) is 54.9 Å². The monoisotopic (exact) mass is 353 g/mol. The number of halogens is 1. The molecule has 134 valence electrons. The van der Waals surface area contributed by atoms with E-state index in [0.29, 0.717) is 6.54 Å². The number of benzene rings is 1. The molecule has 0 bridgehead atoms. The summed E-state index contributed by atoms with van der Waals surface area (Å²) in [6.07, 6.45) is 5.64. The summed E-state index contributed by atoms with van der Waals surface area (Å²) < 4.78 is 14.7. The highest BCUT2D eigenvalue weighted by molar-refractivity contribution is 5.75. The van der Waals surface area contributed by atoms with E-state index < -0.39 is 0 Å². The summed E-state index contributed by atoms with van der Waals surface area (Å²) in [5, 5.41) is 7.38. The van der Waals surface area contributed by atoms with Crippen LogP contribution in [0.5, 0.6) is 0 Å². The van der Waals surface area contributed by atoms with Gasteiger partial charge in [0.05, 0.1) is 24.0 Å². The van der Waals surface area contributed by atoms with Crippen molar-refractivity contribution < 1.29 is 9.18 Å². The number of likely N-dealkylation sites (tertiary alicyclic amines) is 1. The molecule has 2 aromatic heterocycles. The van der Waals surface area contributed by atoms with Crippen LogP contribution in [-0.2, 0) is 6.54 Å². The fourth-order valence-electron chi connectivity index (χ4n) is 3.35. The fraction of sp³-hybridized carbons (Fsp3) is 0.263. The van der Waals surface area contributed by atoms with Crippen LogP contribution >= 0.6 is 0 Å². The molecule has 0 saturated carbocycles. The minimum absolute atomic E-state index is 0.0848. The van der Waals surface area contributed by atoms with Crippen molar-refractivity contribution in [3.8, 4) is 5.69 Å². The van der Waals surface area contributed by atoms with E-state index in [0.717, 1.165) is 36.5 Å². The van der Waals surface area contributed by atoms with Crippen LogP contribution in [0.25, 0.3) is 5.69 Å². The van der Waals surface area contributed by atoms with Gasteiger partial charge in [-0.1, -0.05) is 0 Å². The number of carbonyl (C=O) groups is 1. The van der Waals surface area contributed by atoms with Crippen LogP contribution < -0.4 is 5.32 Å². The number of amides is 2. The molecule has 0 unspecified atom stereocenters. The lowest BCUT2D eigenvalue weighted by molar-refractivity contribution is 0.191. The van der Waals surface area contributed by atoms with E-state index in [1.165, 1.54) is 12.1 Å². The Labute approximate surface area is 150 Å². The lowest BCUT2D eigenvalue weighted by Gasteiger charge is -2.24. The van der Waals surface area contributed by atoms with Crippen LogP contribution in [-0.4, -0.2) is 32.2 Å². The first kappa shape index (κ1) is 16.4. The lowest BCUT2D eigenvalue weighted by atomic mass is 10.1. The Hall–Kier alpha value is -3.09. The van der Waals surface area contributed by atoms with Gasteiger partial charge in [0.25, 0.3) is 0 Å². The fourth-order valence-corrected chi connectivity index (χ4v) is 3.35. The molecule has 0 radical (unpaired) electrons. The summed E-state index contributed by atoms with van der Waals surface area (Å²) in [5.41, 5.74) is 2.59. The maximum atomic E-state index is 13.0. The average molecular weight is 353 g/mol. The average Bonchev–Trinajstić information content (AvgIpc) is 3.40. The maximum Gasteiger partial charge on any atom is 0.318 e. The second-order valence-corrected chi connectivity index (χ2v) is 6.36. The molecule has 3 aromatic rings. The quantitative estimate of drug-likeness (QED) is 0.755. The third kappa shape index (κ3) is 3.33. The molecule has 0 aliphatic carbocycles. The third-order valence-corrected chi connectivity index (χ3v) is 4.65. The van der Waals surface area contributed by atoms with Crippen LogP contribution in [0.4, 0.5) is 9.18 Å². The molecule has 2 N–H and O–H groups in total. The Morgan fingerprint density at radius 1 is 1.27 bits per heavy atom. The van der Waals surface area contributed by atoms with E-state index in [1.54, 1.807) is 23.0 Å². The molecule has 1 atom stereocenters. The van der Waals surface area contributed by atoms with Gasteiger partial charge in [-0.05, 0) is 55.3 Å². The number of urea groups is 1. The summed E-state index contributed by atoms with van der Waals surface area (Å²) in [7, 11) is 0. The first-order chi connectivity index (χ1) is 12.7. The summed E-state index contributed by atoms with van der Waals surface area (Å²) >= 11 is 0. The topological polar surface area (TPSA) is 66.0 Å². The van der Waals surface area contributed by atoms with Gasteiger partial charge in [-0.25, -0.2) is 13.9 Å². The molecule has 3 heterocycles. The molecule has 1 aliphatic rings. The van der Waals surface area contributed by atoms with Gasteiger partial charge in [-0.3, -0.25) is 0 Å². The number of aromatic amines is 1. The highest BCUT2D eigenvalue weighted by atomic mass is 19.1. The summed E-state index contributed by atoms with van der Waals surface area (Å²) in [4.78, 5) is 17.6. The normalized spacial score (nSPS) is 16.8. The molecule has 0 spiro atoms. The van der Waals surface area contributed by atoms with Gasteiger partial charge in [0.15, 0.2) is 0 Å². The molecule has 26 heavy (non-hydrogen) atoms. The van der Waals surface area contributed by atoms with E-state index in [1.807, 2.05) is 29.3 Å². The molecule has 1 aliphatic heterocycles. The largest absolute Gasteiger partial charge is 0.363 e. The van der Waals surface area contributed by atoms with Crippen LogP contribution in [0.1, 0.15) is 30.3 Å². The minimum Gasteiger partial charge on any atom is -0.363 e. The van der Waals surface area contributed by atoms with E-state index >= 15 is 0 Å². The highest BCUT2D eigenvalue weighted by Gasteiger charge is 2.30. The summed E-state index contributed by atoms with van der Waals surface area (Å²) in [5.74, 6) is -0.282. The maximum absolute atomic E-state index is 13.0. The van der Waals surface area contributed by atoms with Gasteiger partial charge in [0, 0.05) is 24.6 Å². The molecule has 1 aromatic carbocycles. The predicted molar refractivity (Wildman–Crippen MR) is 95.2 cm³/mol. The Kier molecular flexibility index (Phi) is 4.43. The van der Waals surface area contributed by atoms with Crippen LogP contribution in [0, 0.1) is 5.82 Å². The van der Waals surface area contributed by atoms with Crippen molar-refractivity contribution in [1.29, 1.82) is 0 Å². The van der Waals surface area contributed by atoms with Crippen molar-refractivity contribution in [2.45, 2.75) is 25.4 Å². The van der Waals surface area contributed by atoms with Gasteiger partial charge in [-0.15, -0.1) is 0 Å². The van der Waals surface area contributed by atoms with Gasteiger partial charge >= 0.3 is 6.03 Å². The molecule has 7 heteroatoms. The Morgan fingerprint density at radius 2 is 2.12 bits per heavy atom. The molecule has 1 fully saturated rings. The number of hydrogen-bond acceptors (Lipinski definition) is 2. The zero-order valence-electron chi connectivity index (χ0n) is 14.2. The molecule has 6 nitrogen and oxygen atoms in total. The Morgan fingerprint density at radius 3 is 2.88 bits per heavy atom. The second-order valence-electron chi connectivity index (χ2n) is 6.36. The van der Waals surface area contributed by atoms with Crippen LogP contribution in [0.3, 0.4) is 0 Å². The van der Waals surface area contributed by atoms with E-state index in [2.05, 4.69) is 15.4 Å². The third-order valence-electron chi connectivity index (χ3n) is 4.65. The first-order valence-electron chi connectivity index (χ1n) is 8.69. The number of hydrogen-bond donors (Lipinski definition) is 2. The van der Waals surface area contributed by atoms with Crippen molar-refractivity contribution in [3.05, 3.63) is 72.1 Å². The van der Waals surface area contributed by atoms with Gasteiger partial charge < -0.3 is 15.2 Å². The lowest BCUT2D eigenvalue weighted by Crippen LogP contribution is -2.39. The molecular formula is C19H20FN5O. The van der Waals surface area contributed by atoms with Gasteiger partial charge in [0.2, 0.25) is 0 Å². The van der Waals surface area contributed by atoms with Gasteiger partial charge in [-0.2, -0.15) is 5.10 Å². The number of nitrogens with one attached hydrogen (secondary N) is 2. The summed E-state index contributed by atoms with van der Waals surface area (Å²) in [6.45, 7) is 1.10. The van der Waals surface area contributed by atoms with Gasteiger partial charge in [0.1, 0.15) is 5.82 Å². The number of aromatic nitrogens is 3. The number of H-pyrrole nitrogens is 1. The van der Waals surface area contributed by atoms with Crippen molar-refractivity contribution in [2.75, 3.05) is 6.54 Å². The van der Waals surface area contributed by atoms with Crippen molar-refractivity contribution in [1.82, 2.24) is 25.0 Å². The zero-order valence-corrected chi connectivity index (χ0v) is 14.2. The minimum atomic E-state index is -0.282. The smallest absolute Gasteiger partial charge is 0.318 e. The van der Waals surface area contributed by atoms with Crippen molar-refractivity contribution in [3.63, 3.8) is 0 Å².